The van der Waals surface area contributed by atoms with Gasteiger partial charge in [-0.1, -0.05) is 20.8 Å². The highest BCUT2D eigenvalue weighted by Gasteiger charge is 2.29. The van der Waals surface area contributed by atoms with Gasteiger partial charge in [-0.3, -0.25) is 0 Å². The molecule has 2 N–H and O–H groups in total. The van der Waals surface area contributed by atoms with E-state index in [4.69, 9.17) is 0 Å². The van der Waals surface area contributed by atoms with E-state index in [0.29, 0.717) is 18.6 Å². The van der Waals surface area contributed by atoms with Crippen LogP contribution in [0.25, 0.3) is 0 Å². The number of nitrogens with zero attached hydrogens (tertiary/aromatic N) is 1. The molecule has 0 aromatic rings. The number of aliphatic hydroxyl groups excluding tert-OH is 1. The van der Waals surface area contributed by atoms with Crippen LogP contribution in [0.2, 0.25) is 0 Å². The summed E-state index contributed by atoms with van der Waals surface area (Å²) < 4.78 is 0. The molecule has 0 saturated carbocycles. The fourth-order valence-electron chi connectivity index (χ4n) is 2.78. The highest BCUT2D eigenvalue weighted by Crippen LogP contribution is 2.25. The van der Waals surface area contributed by atoms with Crippen LogP contribution in [0.1, 0.15) is 40.0 Å². The van der Waals surface area contributed by atoms with Crippen LogP contribution in [0.4, 0.5) is 0 Å². The first-order valence-electron chi connectivity index (χ1n) is 7.09. The number of rotatable bonds is 6. The van der Waals surface area contributed by atoms with Crippen LogP contribution in [0.15, 0.2) is 0 Å². The molecule has 0 amide bonds. The van der Waals surface area contributed by atoms with Crippen LogP contribution in [0, 0.1) is 11.3 Å². The third kappa shape index (κ3) is 3.94. The van der Waals surface area contributed by atoms with Crippen molar-refractivity contribution in [3.63, 3.8) is 0 Å². The van der Waals surface area contributed by atoms with Gasteiger partial charge in [-0.2, -0.15) is 0 Å². The van der Waals surface area contributed by atoms with Crippen LogP contribution in [0.5, 0.6) is 0 Å². The smallest absolute Gasteiger partial charge is 0.0499 e. The molecule has 2 unspecified atom stereocenters. The van der Waals surface area contributed by atoms with E-state index >= 15 is 0 Å². The third-order valence-corrected chi connectivity index (χ3v) is 4.68. The van der Waals surface area contributed by atoms with Gasteiger partial charge in [0.05, 0.1) is 0 Å². The fourth-order valence-corrected chi connectivity index (χ4v) is 2.78. The van der Waals surface area contributed by atoms with Gasteiger partial charge in [-0.15, -0.1) is 0 Å². The number of hydrogen-bond acceptors (Lipinski definition) is 3. The molecule has 0 aromatic carbocycles. The second-order valence-electron chi connectivity index (χ2n) is 5.88. The summed E-state index contributed by atoms with van der Waals surface area (Å²) in [6.07, 6.45) is 3.33. The molecular weight excluding hydrogens is 212 g/mol. The van der Waals surface area contributed by atoms with Crippen LogP contribution in [-0.2, 0) is 0 Å². The second-order valence-corrected chi connectivity index (χ2v) is 5.88. The minimum atomic E-state index is 0.0864. The lowest BCUT2D eigenvalue weighted by Gasteiger charge is -2.38. The van der Waals surface area contributed by atoms with Crippen LogP contribution in [-0.4, -0.2) is 49.3 Å². The van der Waals surface area contributed by atoms with Gasteiger partial charge in [0.2, 0.25) is 0 Å². The Kier molecular flexibility index (Phi) is 5.90. The number of hydrogen-bond donors (Lipinski definition) is 2. The SMILES string of the molecule is CCC(CC)(CO)CNC1CCN(C)CC1C. The summed E-state index contributed by atoms with van der Waals surface area (Å²) in [4.78, 5) is 2.40. The average molecular weight is 242 g/mol. The minimum Gasteiger partial charge on any atom is -0.396 e. The first-order chi connectivity index (χ1) is 8.06. The molecule has 0 aliphatic carbocycles. The normalized spacial score (nSPS) is 27.4. The van der Waals surface area contributed by atoms with Crippen LogP contribution in [0.3, 0.4) is 0 Å². The highest BCUT2D eigenvalue weighted by atomic mass is 16.3. The molecule has 0 bridgehead atoms. The first-order valence-corrected chi connectivity index (χ1v) is 7.09. The summed E-state index contributed by atoms with van der Waals surface area (Å²) in [6.45, 7) is 10.3. The minimum absolute atomic E-state index is 0.0864. The zero-order chi connectivity index (χ0) is 12.9. The number of nitrogens with one attached hydrogen (secondary N) is 1. The van der Waals surface area contributed by atoms with E-state index in [0.717, 1.165) is 19.4 Å². The molecule has 1 aliphatic rings. The van der Waals surface area contributed by atoms with Gasteiger partial charge < -0.3 is 15.3 Å². The van der Waals surface area contributed by atoms with Crippen molar-refractivity contribution >= 4 is 0 Å². The van der Waals surface area contributed by atoms with Gasteiger partial charge in [0.15, 0.2) is 0 Å². The van der Waals surface area contributed by atoms with Crippen molar-refractivity contribution < 1.29 is 5.11 Å². The molecule has 0 spiro atoms. The van der Waals surface area contributed by atoms with E-state index in [1.165, 1.54) is 19.5 Å². The summed E-state index contributed by atoms with van der Waals surface area (Å²) in [6, 6.07) is 0.621. The molecular formula is C14H30N2O. The monoisotopic (exact) mass is 242 g/mol. The Labute approximate surface area is 107 Å². The van der Waals surface area contributed by atoms with Crippen molar-refractivity contribution in [1.29, 1.82) is 0 Å². The Morgan fingerprint density at radius 1 is 1.35 bits per heavy atom. The Hall–Kier alpha value is -0.120. The van der Waals surface area contributed by atoms with Crippen molar-refractivity contribution in [2.24, 2.45) is 11.3 Å². The van der Waals surface area contributed by atoms with Crippen molar-refractivity contribution in [1.82, 2.24) is 10.2 Å². The molecule has 102 valence electrons. The molecule has 1 saturated heterocycles. The maximum atomic E-state index is 9.57. The average Bonchev–Trinajstić information content (AvgIpc) is 2.33. The zero-order valence-electron chi connectivity index (χ0n) is 12.0. The molecule has 2 atom stereocenters. The Balaban J connectivity index is 2.43. The van der Waals surface area contributed by atoms with Gasteiger partial charge in [0.1, 0.15) is 0 Å². The summed E-state index contributed by atoms with van der Waals surface area (Å²) in [5.41, 5.74) is 0.0864. The number of piperidine rings is 1. The van der Waals surface area contributed by atoms with Gasteiger partial charge in [0, 0.05) is 31.2 Å². The highest BCUT2D eigenvalue weighted by molar-refractivity contribution is 4.85. The van der Waals surface area contributed by atoms with Gasteiger partial charge in [-0.25, -0.2) is 0 Å². The van der Waals surface area contributed by atoms with E-state index in [-0.39, 0.29) is 5.41 Å². The second kappa shape index (κ2) is 6.72. The van der Waals surface area contributed by atoms with Crippen molar-refractivity contribution in [3.8, 4) is 0 Å². The molecule has 1 rings (SSSR count). The largest absolute Gasteiger partial charge is 0.396 e. The molecule has 1 aliphatic heterocycles. The first kappa shape index (κ1) is 14.9. The Morgan fingerprint density at radius 2 is 2.00 bits per heavy atom. The molecule has 1 heterocycles. The van der Waals surface area contributed by atoms with E-state index in [9.17, 15) is 5.11 Å². The molecule has 1 fully saturated rings. The Bertz CT molecular complexity index is 208. The van der Waals surface area contributed by atoms with E-state index in [1.54, 1.807) is 0 Å². The lowest BCUT2D eigenvalue weighted by atomic mass is 9.82. The van der Waals surface area contributed by atoms with Crippen LogP contribution >= 0.6 is 0 Å². The number of aliphatic hydroxyl groups is 1. The van der Waals surface area contributed by atoms with Crippen molar-refractivity contribution in [2.45, 2.75) is 46.1 Å². The van der Waals surface area contributed by atoms with E-state index in [1.807, 2.05) is 0 Å². The lowest BCUT2D eigenvalue weighted by molar-refractivity contribution is 0.0962. The lowest BCUT2D eigenvalue weighted by Crippen LogP contribution is -2.50. The summed E-state index contributed by atoms with van der Waals surface area (Å²) in [5, 5.41) is 13.3. The number of likely N-dealkylation sites (tertiary alicyclic amines) is 1. The maximum Gasteiger partial charge on any atom is 0.0499 e. The van der Waals surface area contributed by atoms with Gasteiger partial charge in [-0.05, 0) is 38.8 Å². The topological polar surface area (TPSA) is 35.5 Å². The maximum absolute atomic E-state index is 9.57. The van der Waals surface area contributed by atoms with E-state index < -0.39 is 0 Å². The third-order valence-electron chi connectivity index (χ3n) is 4.68. The molecule has 0 aromatic heterocycles. The molecule has 3 nitrogen and oxygen atoms in total. The van der Waals surface area contributed by atoms with Crippen LogP contribution < -0.4 is 5.32 Å². The van der Waals surface area contributed by atoms with Gasteiger partial charge >= 0.3 is 0 Å². The predicted octanol–water partition coefficient (Wildman–Crippen LogP) is 1.71. The zero-order valence-corrected chi connectivity index (χ0v) is 12.0. The van der Waals surface area contributed by atoms with E-state index in [2.05, 4.69) is 38.0 Å². The molecule has 3 heteroatoms. The quantitative estimate of drug-likeness (QED) is 0.744. The molecule has 0 radical (unpaired) electrons. The standard InChI is InChI=1S/C14H30N2O/c1-5-14(6-2,11-17)10-15-13-7-8-16(4)9-12(13)3/h12-13,15,17H,5-11H2,1-4H3. The Morgan fingerprint density at radius 3 is 2.47 bits per heavy atom. The predicted molar refractivity (Wildman–Crippen MR) is 73.2 cm³/mol. The van der Waals surface area contributed by atoms with Crippen molar-refractivity contribution in [2.75, 3.05) is 33.3 Å². The van der Waals surface area contributed by atoms with Gasteiger partial charge in [0.25, 0.3) is 0 Å². The molecule has 17 heavy (non-hydrogen) atoms. The summed E-state index contributed by atoms with van der Waals surface area (Å²) in [5.74, 6) is 0.707. The van der Waals surface area contributed by atoms with Crippen molar-refractivity contribution in [3.05, 3.63) is 0 Å². The summed E-state index contributed by atoms with van der Waals surface area (Å²) >= 11 is 0. The summed E-state index contributed by atoms with van der Waals surface area (Å²) in [7, 11) is 2.20. The fraction of sp³-hybridized carbons (Fsp3) is 1.00.